The minimum atomic E-state index is -0.897. The van der Waals surface area contributed by atoms with E-state index < -0.39 is 5.60 Å². The Morgan fingerprint density at radius 3 is 2.96 bits per heavy atom. The van der Waals surface area contributed by atoms with Crippen LogP contribution >= 0.6 is 0 Å². The largest absolute Gasteiger partial charge is 0.497 e. The van der Waals surface area contributed by atoms with Gasteiger partial charge in [0.1, 0.15) is 11.4 Å². The van der Waals surface area contributed by atoms with Gasteiger partial charge in [0.05, 0.1) is 18.5 Å². The van der Waals surface area contributed by atoms with Crippen LogP contribution in [0.25, 0.3) is 0 Å². The normalized spacial score (nSPS) is 40.4. The number of hydrogen-bond donors (Lipinski definition) is 1. The highest BCUT2D eigenvalue weighted by molar-refractivity contribution is 6.02. The second-order valence-electron chi connectivity index (χ2n) is 8.09. The van der Waals surface area contributed by atoms with Crippen LogP contribution < -0.4 is 4.74 Å². The number of nitrogens with zero attached hydrogens (tertiary/aromatic N) is 2. The fourth-order valence-corrected chi connectivity index (χ4v) is 5.96. The van der Waals surface area contributed by atoms with Crippen LogP contribution in [0.1, 0.15) is 38.2 Å². The highest BCUT2D eigenvalue weighted by Crippen LogP contribution is 2.53. The van der Waals surface area contributed by atoms with Crippen molar-refractivity contribution >= 4 is 11.4 Å². The van der Waals surface area contributed by atoms with Gasteiger partial charge in [-0.2, -0.15) is 0 Å². The smallest absolute Gasteiger partial charge is 0.131 e. The lowest BCUT2D eigenvalue weighted by Gasteiger charge is -2.53. The minimum Gasteiger partial charge on any atom is -0.497 e. The number of piperidine rings is 2. The second-order valence-corrected chi connectivity index (χ2v) is 8.09. The lowest BCUT2D eigenvalue weighted by molar-refractivity contribution is -0.0182. The Morgan fingerprint density at radius 2 is 2.20 bits per heavy atom. The molecule has 0 aromatic heterocycles. The molecule has 1 saturated carbocycles. The Hall–Kier alpha value is -1.43. The molecule has 25 heavy (non-hydrogen) atoms. The summed E-state index contributed by atoms with van der Waals surface area (Å²) in [6, 6.07) is 6.52. The molecule has 6 rings (SSSR count). The quantitative estimate of drug-likeness (QED) is 0.894. The van der Waals surface area contributed by atoms with Crippen LogP contribution in [-0.2, 0) is 5.60 Å². The van der Waals surface area contributed by atoms with Crippen molar-refractivity contribution in [1.29, 1.82) is 0 Å². The zero-order valence-corrected chi connectivity index (χ0v) is 15.0. The van der Waals surface area contributed by atoms with Gasteiger partial charge in [0.25, 0.3) is 0 Å². The lowest BCUT2D eigenvalue weighted by Crippen LogP contribution is -2.58. The zero-order chi connectivity index (χ0) is 16.5. The average Bonchev–Trinajstić information content (AvgIpc) is 2.88. The van der Waals surface area contributed by atoms with E-state index in [2.05, 4.69) is 11.8 Å². The van der Waals surface area contributed by atoms with E-state index in [0.717, 1.165) is 47.5 Å². The number of hydrogen-bond acceptors (Lipinski definition) is 4. The number of aliphatic imine (C=N–C) groups is 1. The fraction of sp³-hybridized carbons (Fsp3) is 0.650. The second kappa shape index (κ2) is 5.79. The first-order valence-electron chi connectivity index (χ1n) is 9.38. The Kier molecular flexibility index (Phi) is 3.94. The van der Waals surface area contributed by atoms with Gasteiger partial charge in [-0.05, 0) is 49.3 Å². The van der Waals surface area contributed by atoms with Gasteiger partial charge in [0, 0.05) is 30.6 Å². The van der Waals surface area contributed by atoms with Crippen molar-refractivity contribution in [2.75, 3.05) is 20.2 Å². The number of fused-ring (bicyclic) bond motifs is 4. The van der Waals surface area contributed by atoms with Crippen LogP contribution in [0.15, 0.2) is 23.2 Å². The molecule has 4 heterocycles. The number of ether oxygens (including phenoxy) is 1. The predicted octanol–water partition coefficient (Wildman–Crippen LogP) is 2.28. The number of methoxy groups -OCH3 is 1. The van der Waals surface area contributed by atoms with Crippen LogP contribution in [0.3, 0.4) is 0 Å². The maximum absolute atomic E-state index is 11.7. The predicted molar refractivity (Wildman–Crippen MR) is 97.6 cm³/mol. The van der Waals surface area contributed by atoms with E-state index in [-0.39, 0.29) is 5.48 Å². The molecule has 1 aromatic carbocycles. The molecule has 4 bridgehead atoms. The highest BCUT2D eigenvalue weighted by Gasteiger charge is 2.56. The summed E-state index contributed by atoms with van der Waals surface area (Å²) in [7, 11) is 1.68. The van der Waals surface area contributed by atoms with Gasteiger partial charge in [0.15, 0.2) is 0 Å². The molecule has 1 aromatic rings. The number of benzene rings is 1. The molecule has 6 atom stereocenters. The van der Waals surface area contributed by atoms with E-state index in [1.165, 1.54) is 25.8 Å². The van der Waals surface area contributed by atoms with Gasteiger partial charge >= 0.3 is 0 Å². The summed E-state index contributed by atoms with van der Waals surface area (Å²) in [6.45, 7) is 4.51. The van der Waals surface area contributed by atoms with Gasteiger partial charge < -0.3 is 15.3 Å². The van der Waals surface area contributed by atoms with Crippen molar-refractivity contribution in [1.82, 2.24) is 4.90 Å². The maximum atomic E-state index is 11.7. The third-order valence-corrected chi connectivity index (χ3v) is 6.98. The van der Waals surface area contributed by atoms with Crippen molar-refractivity contribution in [3.63, 3.8) is 0 Å². The molecule has 0 amide bonds. The zero-order valence-electron chi connectivity index (χ0n) is 15.0. The molecule has 5 aliphatic rings. The minimum absolute atomic E-state index is 0. The molecular formula is C20H28N2O3. The van der Waals surface area contributed by atoms with Crippen molar-refractivity contribution in [2.24, 2.45) is 22.7 Å². The Bertz CT molecular complexity index is 719. The van der Waals surface area contributed by atoms with Crippen LogP contribution in [0.2, 0.25) is 0 Å². The Labute approximate surface area is 149 Å². The molecule has 5 nitrogen and oxygen atoms in total. The SMILES string of the molecule is CC[C@H]1C[C@@H]2C[C@H]3C4=Nc5ccc(OC)cc5[C@@]4(O)CCN(C2)[C@@H]13.O. The third-order valence-electron chi connectivity index (χ3n) is 6.98. The summed E-state index contributed by atoms with van der Waals surface area (Å²) < 4.78 is 5.39. The van der Waals surface area contributed by atoms with Crippen LogP contribution in [0, 0.1) is 17.8 Å². The van der Waals surface area contributed by atoms with Gasteiger partial charge in [-0.25, -0.2) is 0 Å². The molecule has 4 fully saturated rings. The molecule has 3 N–H and O–H groups in total. The number of aliphatic hydroxyl groups is 1. The molecule has 0 spiro atoms. The summed E-state index contributed by atoms with van der Waals surface area (Å²) in [4.78, 5) is 7.64. The van der Waals surface area contributed by atoms with Crippen molar-refractivity contribution < 1.29 is 15.3 Å². The first kappa shape index (κ1) is 17.0. The number of rotatable bonds is 2. The van der Waals surface area contributed by atoms with Crippen molar-refractivity contribution in [3.8, 4) is 5.75 Å². The first-order chi connectivity index (χ1) is 11.6. The molecule has 3 saturated heterocycles. The molecule has 4 aliphatic heterocycles. The van der Waals surface area contributed by atoms with Crippen LogP contribution in [0.5, 0.6) is 5.75 Å². The van der Waals surface area contributed by atoms with Crippen LogP contribution in [0.4, 0.5) is 5.69 Å². The van der Waals surface area contributed by atoms with E-state index in [0.29, 0.717) is 12.0 Å². The highest BCUT2D eigenvalue weighted by atomic mass is 16.5. The monoisotopic (exact) mass is 344 g/mol. The Balaban J connectivity index is 0.00000157. The molecule has 0 radical (unpaired) electrons. The van der Waals surface area contributed by atoms with Gasteiger partial charge in [-0.3, -0.25) is 9.89 Å². The van der Waals surface area contributed by atoms with E-state index >= 15 is 0 Å². The van der Waals surface area contributed by atoms with E-state index in [4.69, 9.17) is 9.73 Å². The lowest BCUT2D eigenvalue weighted by atomic mass is 9.63. The molecule has 1 unspecified atom stereocenters. The van der Waals surface area contributed by atoms with Gasteiger partial charge in [-0.15, -0.1) is 0 Å². The van der Waals surface area contributed by atoms with Gasteiger partial charge in [-0.1, -0.05) is 13.3 Å². The molecule has 1 aliphatic carbocycles. The summed E-state index contributed by atoms with van der Waals surface area (Å²) in [5, 5.41) is 11.7. The van der Waals surface area contributed by atoms with Crippen molar-refractivity contribution in [2.45, 2.75) is 44.2 Å². The van der Waals surface area contributed by atoms with Gasteiger partial charge in [0.2, 0.25) is 0 Å². The maximum Gasteiger partial charge on any atom is 0.131 e. The molecular weight excluding hydrogens is 316 g/mol. The summed E-state index contributed by atoms with van der Waals surface area (Å²) in [6.07, 6.45) is 4.55. The average molecular weight is 344 g/mol. The van der Waals surface area contributed by atoms with E-state index in [9.17, 15) is 5.11 Å². The first-order valence-corrected chi connectivity index (χ1v) is 9.38. The topological polar surface area (TPSA) is 76.6 Å². The van der Waals surface area contributed by atoms with Crippen LogP contribution in [-0.4, -0.2) is 47.4 Å². The summed E-state index contributed by atoms with van der Waals surface area (Å²) in [5.41, 5.74) is 2.04. The summed E-state index contributed by atoms with van der Waals surface area (Å²) in [5.74, 6) is 2.74. The molecule has 5 heteroatoms. The third kappa shape index (κ3) is 2.22. The Morgan fingerprint density at radius 1 is 1.36 bits per heavy atom. The molecule has 136 valence electrons. The fourth-order valence-electron chi connectivity index (χ4n) is 5.96. The van der Waals surface area contributed by atoms with E-state index in [1.807, 2.05) is 18.2 Å². The summed E-state index contributed by atoms with van der Waals surface area (Å²) >= 11 is 0. The van der Waals surface area contributed by atoms with E-state index in [1.54, 1.807) is 7.11 Å². The van der Waals surface area contributed by atoms with Crippen molar-refractivity contribution in [3.05, 3.63) is 23.8 Å². The standard InChI is InChI=1S/C20H26N2O2.H2O/c1-3-13-8-12-9-15-18(13)22(11-12)7-6-20(23)16-10-14(24-2)4-5-17(16)21-19(15)20;/h4-5,10,12-13,15,18,23H,3,6-9,11H2,1-2H3;1H2/t12-,13+,15-,18+,20+;/m1./s1.